The molecule has 0 fully saturated rings. The van der Waals surface area contributed by atoms with Gasteiger partial charge in [-0.2, -0.15) is 5.26 Å². The van der Waals surface area contributed by atoms with Crippen molar-refractivity contribution in [3.63, 3.8) is 0 Å². The van der Waals surface area contributed by atoms with Crippen LogP contribution in [-0.4, -0.2) is 4.57 Å². The molecule has 0 saturated heterocycles. The minimum absolute atomic E-state index is 0.693. The van der Waals surface area contributed by atoms with Crippen LogP contribution >= 0.6 is 0 Å². The average Bonchev–Trinajstić information content (AvgIpc) is 3.57. The summed E-state index contributed by atoms with van der Waals surface area (Å²) in [6.45, 7) is 0. The molecule has 2 nitrogen and oxygen atoms in total. The van der Waals surface area contributed by atoms with E-state index in [0.717, 1.165) is 27.5 Å². The summed E-state index contributed by atoms with van der Waals surface area (Å²) in [7, 11) is 0. The molecule has 10 aromatic carbocycles. The van der Waals surface area contributed by atoms with E-state index in [1.807, 2.05) is 6.07 Å². The van der Waals surface area contributed by atoms with Crippen LogP contribution in [0.25, 0.3) is 104 Å². The Morgan fingerprint density at radius 3 is 1.53 bits per heavy atom. The number of rotatable bonds is 4. The van der Waals surface area contributed by atoms with Crippen molar-refractivity contribution < 1.29 is 0 Å². The van der Waals surface area contributed by atoms with E-state index in [1.165, 1.54) is 76.5 Å². The first-order valence-corrected chi connectivity index (χ1v) is 18.1. The second-order valence-electron chi connectivity index (χ2n) is 13.9. The first-order chi connectivity index (χ1) is 26.3. The summed E-state index contributed by atoms with van der Waals surface area (Å²) < 4.78 is 2.37. The lowest BCUT2D eigenvalue weighted by molar-refractivity contribution is 1.18. The average molecular weight is 671 g/mol. The largest absolute Gasteiger partial charge is 0.309 e. The van der Waals surface area contributed by atoms with Gasteiger partial charge in [0, 0.05) is 21.8 Å². The maximum Gasteiger partial charge on any atom is 0.0998 e. The molecule has 0 atom stereocenters. The van der Waals surface area contributed by atoms with Crippen LogP contribution in [-0.2, 0) is 0 Å². The predicted molar refractivity (Wildman–Crippen MR) is 223 cm³/mol. The maximum absolute atomic E-state index is 10.2. The molecule has 0 N–H and O–H groups in total. The van der Waals surface area contributed by atoms with Crippen molar-refractivity contribution in [2.75, 3.05) is 0 Å². The summed E-state index contributed by atoms with van der Waals surface area (Å²) in [4.78, 5) is 0. The Bertz CT molecular complexity index is 3210. The third kappa shape index (κ3) is 4.26. The fourth-order valence-electron chi connectivity index (χ4n) is 8.94. The Balaban J connectivity index is 1.22. The second kappa shape index (κ2) is 11.4. The molecule has 1 aromatic heterocycles. The summed E-state index contributed by atoms with van der Waals surface area (Å²) in [5, 5.41) is 22.1. The van der Waals surface area contributed by atoms with Gasteiger partial charge in [-0.3, -0.25) is 0 Å². The van der Waals surface area contributed by atoms with Crippen molar-refractivity contribution in [1.82, 2.24) is 4.57 Å². The van der Waals surface area contributed by atoms with Gasteiger partial charge >= 0.3 is 0 Å². The van der Waals surface area contributed by atoms with Gasteiger partial charge in [-0.25, -0.2) is 0 Å². The molecular weight excluding hydrogens is 641 g/mol. The van der Waals surface area contributed by atoms with Gasteiger partial charge in [-0.1, -0.05) is 152 Å². The van der Waals surface area contributed by atoms with Crippen LogP contribution in [0.2, 0.25) is 0 Å². The Hall–Kier alpha value is -7.21. The molecule has 0 unspecified atom stereocenters. The van der Waals surface area contributed by atoms with E-state index >= 15 is 0 Å². The van der Waals surface area contributed by atoms with Crippen LogP contribution in [0.4, 0.5) is 0 Å². The number of hydrogen-bond donors (Lipinski definition) is 0. The normalized spacial score (nSPS) is 11.8. The Labute approximate surface area is 306 Å². The number of nitriles is 1. The van der Waals surface area contributed by atoms with E-state index in [-0.39, 0.29) is 0 Å². The van der Waals surface area contributed by atoms with Crippen molar-refractivity contribution >= 4 is 64.9 Å². The van der Waals surface area contributed by atoms with Crippen molar-refractivity contribution in [2.24, 2.45) is 0 Å². The smallest absolute Gasteiger partial charge is 0.0998 e. The van der Waals surface area contributed by atoms with Gasteiger partial charge in [0.15, 0.2) is 0 Å². The van der Waals surface area contributed by atoms with E-state index in [2.05, 4.69) is 187 Å². The molecule has 0 bridgehead atoms. The first-order valence-electron chi connectivity index (χ1n) is 18.1. The number of nitrogens with zero attached hydrogens (tertiary/aromatic N) is 2. The second-order valence-corrected chi connectivity index (χ2v) is 13.9. The van der Waals surface area contributed by atoms with Crippen molar-refractivity contribution in [3.05, 3.63) is 188 Å². The van der Waals surface area contributed by atoms with Crippen molar-refractivity contribution in [3.8, 4) is 45.1 Å². The monoisotopic (exact) mass is 670 g/mol. The van der Waals surface area contributed by atoms with Crippen molar-refractivity contribution in [1.29, 1.82) is 5.26 Å². The maximum atomic E-state index is 10.2. The summed E-state index contributed by atoms with van der Waals surface area (Å²) in [5.74, 6) is 0. The molecule has 0 saturated carbocycles. The number of benzene rings is 10. The summed E-state index contributed by atoms with van der Waals surface area (Å²) >= 11 is 0. The lowest BCUT2D eigenvalue weighted by Gasteiger charge is -2.20. The lowest BCUT2D eigenvalue weighted by atomic mass is 9.83. The van der Waals surface area contributed by atoms with E-state index in [4.69, 9.17) is 0 Å². The fraction of sp³-hybridized carbons (Fsp3) is 0. The molecule has 11 rings (SSSR count). The third-order valence-electron chi connectivity index (χ3n) is 11.2. The topological polar surface area (TPSA) is 28.7 Å². The van der Waals surface area contributed by atoms with Crippen LogP contribution in [0.15, 0.2) is 182 Å². The predicted octanol–water partition coefficient (Wildman–Crippen LogP) is 13.7. The van der Waals surface area contributed by atoms with Crippen molar-refractivity contribution in [2.45, 2.75) is 0 Å². The molecule has 0 amide bonds. The quantitative estimate of drug-likeness (QED) is 0.135. The molecule has 0 aliphatic carbocycles. The number of hydrogen-bond acceptors (Lipinski definition) is 1. The molecule has 0 aliphatic heterocycles. The van der Waals surface area contributed by atoms with E-state index < -0.39 is 0 Å². The van der Waals surface area contributed by atoms with Gasteiger partial charge in [-0.05, 0) is 101 Å². The van der Waals surface area contributed by atoms with Gasteiger partial charge in [0.25, 0.3) is 0 Å². The zero-order valence-electron chi connectivity index (χ0n) is 28.7. The highest BCUT2D eigenvalue weighted by Crippen LogP contribution is 2.49. The summed E-state index contributed by atoms with van der Waals surface area (Å²) in [6, 6.07) is 68.0. The molecule has 2 heteroatoms. The van der Waals surface area contributed by atoms with Gasteiger partial charge in [0.2, 0.25) is 0 Å². The molecule has 1 heterocycles. The first kappa shape index (κ1) is 29.5. The SMILES string of the molecule is N#Cc1ccc2c3c1ccc1c(-c4c5ccccc5c(-c5cccc6ccccc56)c5ccccc45)ccc(c13)n2-c1ccc(-c2ccccc2)cc1. The molecule has 0 radical (unpaired) electrons. The molecule has 53 heavy (non-hydrogen) atoms. The Morgan fingerprint density at radius 2 is 0.868 bits per heavy atom. The van der Waals surface area contributed by atoms with Crippen LogP contribution < -0.4 is 0 Å². The highest BCUT2D eigenvalue weighted by Gasteiger charge is 2.23. The van der Waals surface area contributed by atoms with Crippen LogP contribution in [0.3, 0.4) is 0 Å². The summed E-state index contributed by atoms with van der Waals surface area (Å²) in [6.07, 6.45) is 0. The third-order valence-corrected chi connectivity index (χ3v) is 11.2. The number of aromatic nitrogens is 1. The molecule has 11 aromatic rings. The highest BCUT2D eigenvalue weighted by atomic mass is 15.0. The lowest BCUT2D eigenvalue weighted by Crippen LogP contribution is -1.94. The highest BCUT2D eigenvalue weighted by molar-refractivity contribution is 6.31. The Morgan fingerprint density at radius 1 is 0.358 bits per heavy atom. The Kier molecular flexibility index (Phi) is 6.35. The molecule has 0 spiro atoms. The van der Waals surface area contributed by atoms with Crippen LogP contribution in [0.1, 0.15) is 5.56 Å². The van der Waals surface area contributed by atoms with Crippen LogP contribution in [0.5, 0.6) is 0 Å². The zero-order chi connectivity index (χ0) is 35.0. The molecular formula is C51H30N2. The van der Waals surface area contributed by atoms with E-state index in [0.29, 0.717) is 5.56 Å². The van der Waals surface area contributed by atoms with Gasteiger partial charge in [-0.15, -0.1) is 0 Å². The molecule has 0 aliphatic rings. The van der Waals surface area contributed by atoms with E-state index in [9.17, 15) is 5.26 Å². The zero-order valence-corrected chi connectivity index (χ0v) is 28.7. The standard InChI is InChI=1S/C51H30N2/c52-31-35-23-29-46-50-38(35)26-27-45-44(28-30-47(51(45)50)53(46)36-24-21-33(22-25-36)32-11-2-1-3-12-32)49-42-18-8-6-16-40(42)48(41-17-7-9-19-43(41)49)39-20-10-14-34-13-4-5-15-37(34)39/h1-30H. The van der Waals surface area contributed by atoms with Gasteiger partial charge in [0.05, 0.1) is 22.7 Å². The number of fused-ring (bicyclic) bond motifs is 3. The summed E-state index contributed by atoms with van der Waals surface area (Å²) in [5.41, 5.74) is 11.3. The van der Waals surface area contributed by atoms with Gasteiger partial charge in [0.1, 0.15) is 0 Å². The minimum atomic E-state index is 0.693. The minimum Gasteiger partial charge on any atom is -0.309 e. The van der Waals surface area contributed by atoms with E-state index in [1.54, 1.807) is 0 Å². The fourth-order valence-corrected chi connectivity index (χ4v) is 8.94. The van der Waals surface area contributed by atoms with Gasteiger partial charge < -0.3 is 4.57 Å². The van der Waals surface area contributed by atoms with Crippen LogP contribution in [0, 0.1) is 11.3 Å². The molecule has 244 valence electrons.